The van der Waals surface area contributed by atoms with Crippen molar-refractivity contribution in [2.45, 2.75) is 18.7 Å². The minimum absolute atomic E-state index is 0.164. The lowest BCUT2D eigenvalue weighted by molar-refractivity contribution is -0.114. The van der Waals surface area contributed by atoms with E-state index >= 15 is 0 Å². The topological polar surface area (TPSA) is 83.6 Å². The van der Waals surface area contributed by atoms with Gasteiger partial charge in [-0.3, -0.25) is 9.69 Å². The van der Waals surface area contributed by atoms with Crippen LogP contribution >= 0.6 is 22.9 Å². The molecule has 1 aliphatic heterocycles. The summed E-state index contributed by atoms with van der Waals surface area (Å²) in [6.45, 7) is 8.00. The Morgan fingerprint density at radius 1 is 1.39 bits per heavy atom. The number of carbonyl (C=O) groups is 1. The molecule has 0 radical (unpaired) electrons. The van der Waals surface area contributed by atoms with Gasteiger partial charge in [-0.05, 0) is 24.6 Å². The molecule has 1 amide bonds. The van der Waals surface area contributed by atoms with Crippen molar-refractivity contribution in [3.63, 3.8) is 0 Å². The van der Waals surface area contributed by atoms with E-state index in [1.165, 1.54) is 18.3 Å². The van der Waals surface area contributed by atoms with E-state index in [1.54, 1.807) is 6.07 Å². The molecule has 2 N–H and O–H groups in total. The number of benzene rings is 1. The number of rotatable bonds is 7. The van der Waals surface area contributed by atoms with Crippen LogP contribution in [0.15, 0.2) is 23.1 Å². The summed E-state index contributed by atoms with van der Waals surface area (Å²) in [7, 11) is -1.42. The number of thiazole rings is 1. The van der Waals surface area contributed by atoms with Crippen LogP contribution in [0.3, 0.4) is 0 Å². The molecule has 7 nitrogen and oxygen atoms in total. The standard InChI is InChI=1S/C18H23ClN4O3S2/c1-12-17(27-18(21-12)22-13(2)24)14-3-4-15(19)16(11-14)28(25)20-5-6-23-7-9-26-10-8-23/h3-4,11,20H,5-10H2,1-2H3,(H,21,22,24). The van der Waals surface area contributed by atoms with Gasteiger partial charge in [0.25, 0.3) is 0 Å². The minimum atomic E-state index is -1.42. The first kappa shape index (κ1) is 21.4. The molecule has 1 saturated heterocycles. The van der Waals surface area contributed by atoms with Crippen molar-refractivity contribution < 1.29 is 13.7 Å². The van der Waals surface area contributed by atoms with Crippen molar-refractivity contribution >= 4 is 45.0 Å². The zero-order chi connectivity index (χ0) is 20.1. The van der Waals surface area contributed by atoms with Crippen LogP contribution in [0.5, 0.6) is 0 Å². The van der Waals surface area contributed by atoms with Crippen LogP contribution in [0.2, 0.25) is 5.02 Å². The van der Waals surface area contributed by atoms with Gasteiger partial charge in [0.15, 0.2) is 5.13 Å². The van der Waals surface area contributed by atoms with Crippen molar-refractivity contribution in [1.29, 1.82) is 0 Å². The molecular formula is C18H23ClN4O3S2. The van der Waals surface area contributed by atoms with Gasteiger partial charge in [0.05, 0.1) is 33.7 Å². The molecule has 1 atom stereocenters. The second kappa shape index (κ2) is 9.91. The Labute approximate surface area is 176 Å². The summed E-state index contributed by atoms with van der Waals surface area (Å²) in [6.07, 6.45) is 0. The third-order valence-corrected chi connectivity index (χ3v) is 7.00. The predicted octanol–water partition coefficient (Wildman–Crippen LogP) is 2.67. The second-order valence-electron chi connectivity index (χ2n) is 6.38. The molecule has 1 aliphatic rings. The van der Waals surface area contributed by atoms with Crippen LogP contribution in [-0.4, -0.2) is 59.4 Å². The van der Waals surface area contributed by atoms with Gasteiger partial charge in [0.2, 0.25) is 5.91 Å². The van der Waals surface area contributed by atoms with Crippen molar-refractivity contribution in [1.82, 2.24) is 14.6 Å². The molecule has 0 aliphatic carbocycles. The largest absolute Gasteiger partial charge is 0.379 e. The smallest absolute Gasteiger partial charge is 0.223 e. The SMILES string of the molecule is CC(=O)Nc1nc(C)c(-c2ccc(Cl)c(S(=O)NCCN3CCOCC3)c2)s1. The first-order valence-electron chi connectivity index (χ1n) is 8.94. The summed E-state index contributed by atoms with van der Waals surface area (Å²) < 4.78 is 21.1. The van der Waals surface area contributed by atoms with Crippen LogP contribution in [0.25, 0.3) is 10.4 Å². The zero-order valence-electron chi connectivity index (χ0n) is 15.8. The number of halogens is 1. The lowest BCUT2D eigenvalue weighted by Crippen LogP contribution is -2.40. The Morgan fingerprint density at radius 2 is 2.14 bits per heavy atom. The van der Waals surface area contributed by atoms with Gasteiger partial charge in [-0.1, -0.05) is 29.0 Å². The van der Waals surface area contributed by atoms with E-state index in [0.29, 0.717) is 21.6 Å². The van der Waals surface area contributed by atoms with Gasteiger partial charge in [-0.15, -0.1) is 0 Å². The summed E-state index contributed by atoms with van der Waals surface area (Å²) in [4.78, 5) is 19.3. The molecular weight excluding hydrogens is 420 g/mol. The molecule has 10 heteroatoms. The van der Waals surface area contributed by atoms with Gasteiger partial charge in [-0.25, -0.2) is 13.9 Å². The molecule has 1 aromatic heterocycles. The highest BCUT2D eigenvalue weighted by Crippen LogP contribution is 2.35. The molecule has 1 aromatic carbocycles. The molecule has 0 bridgehead atoms. The fourth-order valence-corrected chi connectivity index (χ4v) is 5.10. The van der Waals surface area contributed by atoms with Crippen LogP contribution in [0, 0.1) is 6.92 Å². The van der Waals surface area contributed by atoms with Gasteiger partial charge in [-0.2, -0.15) is 0 Å². The van der Waals surface area contributed by atoms with E-state index in [9.17, 15) is 9.00 Å². The number of aromatic nitrogens is 1. The Morgan fingerprint density at radius 3 is 2.86 bits per heavy atom. The molecule has 1 unspecified atom stereocenters. The molecule has 3 rings (SSSR count). The number of ether oxygens (including phenoxy) is 1. The van der Waals surface area contributed by atoms with Crippen LogP contribution < -0.4 is 10.0 Å². The number of carbonyl (C=O) groups excluding carboxylic acids is 1. The van der Waals surface area contributed by atoms with Crippen molar-refractivity contribution in [2.75, 3.05) is 44.7 Å². The van der Waals surface area contributed by atoms with Gasteiger partial charge in [0.1, 0.15) is 11.0 Å². The number of anilines is 1. The highest BCUT2D eigenvalue weighted by atomic mass is 35.5. The summed E-state index contributed by atoms with van der Waals surface area (Å²) >= 11 is 7.67. The fraction of sp³-hybridized carbons (Fsp3) is 0.444. The molecule has 2 aromatic rings. The minimum Gasteiger partial charge on any atom is -0.379 e. The molecule has 28 heavy (non-hydrogen) atoms. The van der Waals surface area contributed by atoms with Crippen molar-refractivity contribution in [2.24, 2.45) is 0 Å². The van der Waals surface area contributed by atoms with E-state index in [-0.39, 0.29) is 5.91 Å². The normalized spacial score (nSPS) is 16.1. The van der Waals surface area contributed by atoms with Crippen molar-refractivity contribution in [3.8, 4) is 10.4 Å². The van der Waals surface area contributed by atoms with E-state index < -0.39 is 11.0 Å². The number of hydrogen-bond donors (Lipinski definition) is 2. The highest BCUT2D eigenvalue weighted by Gasteiger charge is 2.16. The first-order valence-corrected chi connectivity index (χ1v) is 11.3. The monoisotopic (exact) mass is 442 g/mol. The fourth-order valence-electron chi connectivity index (χ4n) is 2.85. The Balaban J connectivity index is 1.69. The van der Waals surface area contributed by atoms with E-state index in [0.717, 1.165) is 49.0 Å². The maximum Gasteiger partial charge on any atom is 0.223 e. The van der Waals surface area contributed by atoms with E-state index in [2.05, 4.69) is 19.9 Å². The van der Waals surface area contributed by atoms with Gasteiger partial charge in [0, 0.05) is 33.1 Å². The number of hydrogen-bond acceptors (Lipinski definition) is 6. The first-order chi connectivity index (χ1) is 13.4. The molecule has 1 fully saturated rings. The molecule has 0 spiro atoms. The van der Waals surface area contributed by atoms with E-state index in [1.807, 2.05) is 19.1 Å². The summed E-state index contributed by atoms with van der Waals surface area (Å²) in [5, 5.41) is 3.69. The molecule has 152 valence electrons. The van der Waals surface area contributed by atoms with Crippen LogP contribution in [0.4, 0.5) is 5.13 Å². The Hall–Kier alpha value is -1.36. The Kier molecular flexibility index (Phi) is 7.55. The summed E-state index contributed by atoms with van der Waals surface area (Å²) in [5.74, 6) is -0.164. The van der Waals surface area contributed by atoms with E-state index in [4.69, 9.17) is 16.3 Å². The third kappa shape index (κ3) is 5.59. The molecule has 0 saturated carbocycles. The Bertz CT molecular complexity index is 869. The number of amides is 1. The summed E-state index contributed by atoms with van der Waals surface area (Å²) in [5.41, 5.74) is 1.67. The van der Waals surface area contributed by atoms with Gasteiger partial charge < -0.3 is 10.1 Å². The number of morpholine rings is 1. The number of aryl methyl sites for hydroxylation is 1. The predicted molar refractivity (Wildman–Crippen MR) is 113 cm³/mol. The molecule has 2 heterocycles. The quantitative estimate of drug-likeness (QED) is 0.688. The van der Waals surface area contributed by atoms with Crippen LogP contribution in [0.1, 0.15) is 12.6 Å². The summed E-state index contributed by atoms with van der Waals surface area (Å²) in [6, 6.07) is 5.43. The maximum atomic E-state index is 12.7. The average molecular weight is 443 g/mol. The number of nitrogens with one attached hydrogen (secondary N) is 2. The second-order valence-corrected chi connectivity index (χ2v) is 9.05. The van der Waals surface area contributed by atoms with Crippen molar-refractivity contribution in [3.05, 3.63) is 28.9 Å². The average Bonchev–Trinajstić information content (AvgIpc) is 3.02. The number of nitrogens with zero attached hydrogens (tertiary/aromatic N) is 2. The highest BCUT2D eigenvalue weighted by molar-refractivity contribution is 7.83. The maximum absolute atomic E-state index is 12.7. The zero-order valence-corrected chi connectivity index (χ0v) is 18.2. The third-order valence-electron chi connectivity index (χ3n) is 4.24. The van der Waals surface area contributed by atoms with Gasteiger partial charge >= 0.3 is 0 Å². The lowest BCUT2D eigenvalue weighted by atomic mass is 10.2. The van der Waals surface area contributed by atoms with Crippen LogP contribution in [-0.2, 0) is 20.5 Å². The lowest BCUT2D eigenvalue weighted by Gasteiger charge is -2.26.